The van der Waals surface area contributed by atoms with Crippen LogP contribution in [0.3, 0.4) is 0 Å². The van der Waals surface area contributed by atoms with Gasteiger partial charge in [0.1, 0.15) is 0 Å². The van der Waals surface area contributed by atoms with Crippen LogP contribution in [0.1, 0.15) is 6.92 Å². The first-order valence-electron chi connectivity index (χ1n) is 7.40. The van der Waals surface area contributed by atoms with Crippen molar-refractivity contribution in [2.45, 2.75) is 6.92 Å². The molecule has 0 spiro atoms. The summed E-state index contributed by atoms with van der Waals surface area (Å²) in [7, 11) is 0. The fraction of sp³-hybridized carbons (Fsp3) is 0.643. The van der Waals surface area contributed by atoms with E-state index in [-0.39, 0.29) is 5.91 Å². The minimum Gasteiger partial charge on any atom is -0.378 e. The molecule has 1 aromatic rings. The molecule has 1 aromatic heterocycles. The number of anilines is 2. The van der Waals surface area contributed by atoms with Crippen LogP contribution < -0.4 is 9.80 Å². The van der Waals surface area contributed by atoms with E-state index in [1.165, 1.54) is 0 Å². The Hall–Kier alpha value is -1.89. The highest BCUT2D eigenvalue weighted by molar-refractivity contribution is 5.73. The van der Waals surface area contributed by atoms with Crippen LogP contribution in [0.15, 0.2) is 12.3 Å². The molecule has 0 aliphatic carbocycles. The molecule has 0 aromatic carbocycles. The fourth-order valence-electron chi connectivity index (χ4n) is 2.75. The Labute approximate surface area is 124 Å². The van der Waals surface area contributed by atoms with E-state index in [1.807, 2.05) is 4.90 Å². The normalized spacial score (nSPS) is 19.8. The standard InChI is InChI=1S/C14H21N5O2/c1-12(20)17-2-4-18(5-3-17)13-10-14(16-15-11-13)19-6-8-21-9-7-19/h10-11H,2-9H2,1H3. The second-order valence-corrected chi connectivity index (χ2v) is 5.36. The predicted molar refractivity (Wildman–Crippen MR) is 79.5 cm³/mol. The van der Waals surface area contributed by atoms with Gasteiger partial charge in [-0.2, -0.15) is 5.10 Å². The number of ether oxygens (including phenoxy) is 1. The molecule has 0 saturated carbocycles. The van der Waals surface area contributed by atoms with Gasteiger partial charge in [0.2, 0.25) is 5.91 Å². The zero-order chi connectivity index (χ0) is 14.7. The smallest absolute Gasteiger partial charge is 0.219 e. The summed E-state index contributed by atoms with van der Waals surface area (Å²) < 4.78 is 5.36. The molecule has 114 valence electrons. The third-order valence-corrected chi connectivity index (χ3v) is 4.05. The highest BCUT2D eigenvalue weighted by atomic mass is 16.5. The van der Waals surface area contributed by atoms with Gasteiger partial charge in [-0.1, -0.05) is 0 Å². The first-order valence-corrected chi connectivity index (χ1v) is 7.40. The minimum absolute atomic E-state index is 0.150. The number of carbonyl (C=O) groups excluding carboxylic acids is 1. The number of piperazine rings is 1. The van der Waals surface area contributed by atoms with Crippen LogP contribution in [0.25, 0.3) is 0 Å². The number of morpholine rings is 1. The molecular formula is C14H21N5O2. The maximum Gasteiger partial charge on any atom is 0.219 e. The molecule has 7 nitrogen and oxygen atoms in total. The first kappa shape index (κ1) is 14.1. The molecule has 2 fully saturated rings. The molecule has 21 heavy (non-hydrogen) atoms. The summed E-state index contributed by atoms with van der Waals surface area (Å²) in [5.74, 6) is 1.06. The molecule has 0 atom stereocenters. The lowest BCUT2D eigenvalue weighted by Gasteiger charge is -2.36. The monoisotopic (exact) mass is 291 g/mol. The zero-order valence-electron chi connectivity index (χ0n) is 12.4. The second-order valence-electron chi connectivity index (χ2n) is 5.36. The molecule has 3 heterocycles. The summed E-state index contributed by atoms with van der Waals surface area (Å²) in [4.78, 5) is 17.7. The number of carbonyl (C=O) groups is 1. The minimum atomic E-state index is 0.150. The largest absolute Gasteiger partial charge is 0.378 e. The summed E-state index contributed by atoms with van der Waals surface area (Å²) in [6, 6.07) is 2.09. The average molecular weight is 291 g/mol. The second kappa shape index (κ2) is 6.26. The van der Waals surface area contributed by atoms with E-state index < -0.39 is 0 Å². The van der Waals surface area contributed by atoms with Gasteiger partial charge >= 0.3 is 0 Å². The van der Waals surface area contributed by atoms with Gasteiger partial charge in [-0.25, -0.2) is 0 Å². The first-order chi connectivity index (χ1) is 10.2. The zero-order valence-corrected chi connectivity index (χ0v) is 12.4. The van der Waals surface area contributed by atoms with Gasteiger partial charge in [-0.05, 0) is 0 Å². The third kappa shape index (κ3) is 3.24. The Morgan fingerprint density at radius 1 is 1.10 bits per heavy atom. The van der Waals surface area contributed by atoms with Gasteiger partial charge in [0.15, 0.2) is 5.82 Å². The lowest BCUT2D eigenvalue weighted by molar-refractivity contribution is -0.129. The summed E-state index contributed by atoms with van der Waals surface area (Å²) in [5.41, 5.74) is 1.08. The van der Waals surface area contributed by atoms with Crippen molar-refractivity contribution in [2.75, 3.05) is 62.3 Å². The van der Waals surface area contributed by atoms with Gasteiger partial charge in [0, 0.05) is 52.3 Å². The molecule has 0 radical (unpaired) electrons. The number of hydrogen-bond acceptors (Lipinski definition) is 6. The average Bonchev–Trinajstić information content (AvgIpc) is 2.56. The van der Waals surface area contributed by atoms with E-state index in [1.54, 1.807) is 13.1 Å². The van der Waals surface area contributed by atoms with Crippen molar-refractivity contribution in [3.63, 3.8) is 0 Å². The molecule has 0 unspecified atom stereocenters. The Bertz CT molecular complexity index is 496. The lowest BCUT2D eigenvalue weighted by atomic mass is 10.2. The van der Waals surface area contributed by atoms with Gasteiger partial charge in [-0.3, -0.25) is 4.79 Å². The third-order valence-electron chi connectivity index (χ3n) is 4.05. The van der Waals surface area contributed by atoms with E-state index in [9.17, 15) is 4.79 Å². The van der Waals surface area contributed by atoms with Gasteiger partial charge in [0.25, 0.3) is 0 Å². The molecule has 3 rings (SSSR count). The summed E-state index contributed by atoms with van der Waals surface area (Å²) >= 11 is 0. The quantitative estimate of drug-likeness (QED) is 0.763. The van der Waals surface area contributed by atoms with E-state index >= 15 is 0 Å². The van der Waals surface area contributed by atoms with Gasteiger partial charge in [0.05, 0.1) is 25.1 Å². The van der Waals surface area contributed by atoms with Crippen molar-refractivity contribution < 1.29 is 9.53 Å². The van der Waals surface area contributed by atoms with Crippen LogP contribution in [-0.2, 0) is 9.53 Å². The lowest BCUT2D eigenvalue weighted by Crippen LogP contribution is -2.48. The van der Waals surface area contributed by atoms with E-state index in [4.69, 9.17) is 4.74 Å². The predicted octanol–water partition coefficient (Wildman–Crippen LogP) is -0.0183. The number of nitrogens with zero attached hydrogens (tertiary/aromatic N) is 5. The van der Waals surface area contributed by atoms with Crippen molar-refractivity contribution in [1.82, 2.24) is 15.1 Å². The van der Waals surface area contributed by atoms with Crippen LogP contribution in [-0.4, -0.2) is 73.5 Å². The van der Waals surface area contributed by atoms with E-state index in [0.29, 0.717) is 0 Å². The molecule has 0 bridgehead atoms. The summed E-state index contributed by atoms with van der Waals surface area (Å²) in [6.45, 7) is 8.04. The topological polar surface area (TPSA) is 61.8 Å². The molecule has 1 amide bonds. The number of rotatable bonds is 2. The van der Waals surface area contributed by atoms with Gasteiger partial charge < -0.3 is 19.4 Å². The van der Waals surface area contributed by atoms with Crippen molar-refractivity contribution >= 4 is 17.4 Å². The number of amides is 1. The maximum atomic E-state index is 11.4. The van der Waals surface area contributed by atoms with Crippen molar-refractivity contribution in [1.29, 1.82) is 0 Å². The molecular weight excluding hydrogens is 270 g/mol. The number of aromatic nitrogens is 2. The van der Waals surface area contributed by atoms with Crippen molar-refractivity contribution in [2.24, 2.45) is 0 Å². The Balaban J connectivity index is 1.67. The summed E-state index contributed by atoms with van der Waals surface area (Å²) in [5, 5.41) is 8.36. The molecule has 2 aliphatic heterocycles. The number of hydrogen-bond donors (Lipinski definition) is 0. The molecule has 0 N–H and O–H groups in total. The molecule has 2 saturated heterocycles. The molecule has 2 aliphatic rings. The Morgan fingerprint density at radius 3 is 2.48 bits per heavy atom. The van der Waals surface area contributed by atoms with Crippen LogP contribution >= 0.6 is 0 Å². The van der Waals surface area contributed by atoms with E-state index in [2.05, 4.69) is 26.1 Å². The van der Waals surface area contributed by atoms with Crippen LogP contribution in [0, 0.1) is 0 Å². The SMILES string of the molecule is CC(=O)N1CCN(c2cnnc(N3CCOCC3)c2)CC1. The van der Waals surface area contributed by atoms with Crippen LogP contribution in [0.5, 0.6) is 0 Å². The Kier molecular flexibility index (Phi) is 4.19. The van der Waals surface area contributed by atoms with E-state index in [0.717, 1.165) is 64.0 Å². The van der Waals surface area contributed by atoms with Crippen molar-refractivity contribution in [3.8, 4) is 0 Å². The summed E-state index contributed by atoms with van der Waals surface area (Å²) in [6.07, 6.45) is 1.80. The Morgan fingerprint density at radius 2 is 1.81 bits per heavy atom. The van der Waals surface area contributed by atoms with Crippen LogP contribution in [0.2, 0.25) is 0 Å². The fourth-order valence-corrected chi connectivity index (χ4v) is 2.75. The highest BCUT2D eigenvalue weighted by Crippen LogP contribution is 2.20. The molecule has 7 heteroatoms. The van der Waals surface area contributed by atoms with Crippen LogP contribution in [0.4, 0.5) is 11.5 Å². The van der Waals surface area contributed by atoms with Gasteiger partial charge in [-0.15, -0.1) is 5.10 Å². The highest BCUT2D eigenvalue weighted by Gasteiger charge is 2.20. The maximum absolute atomic E-state index is 11.4. The van der Waals surface area contributed by atoms with Crippen molar-refractivity contribution in [3.05, 3.63) is 12.3 Å².